The molecule has 1 aliphatic rings. The van der Waals surface area contributed by atoms with Gasteiger partial charge >= 0.3 is 0 Å². The lowest BCUT2D eigenvalue weighted by atomic mass is 9.97. The van der Waals surface area contributed by atoms with Crippen molar-refractivity contribution in [3.63, 3.8) is 0 Å². The summed E-state index contributed by atoms with van der Waals surface area (Å²) >= 11 is 7.79. The Kier molecular flexibility index (Phi) is 6.77. The van der Waals surface area contributed by atoms with Gasteiger partial charge in [-0.1, -0.05) is 30.0 Å². The number of hydrazone groups is 1. The van der Waals surface area contributed by atoms with Crippen LogP contribution in [0.4, 0.5) is 0 Å². The van der Waals surface area contributed by atoms with Crippen LogP contribution in [0.1, 0.15) is 28.2 Å². The van der Waals surface area contributed by atoms with Crippen LogP contribution in [0.5, 0.6) is 0 Å². The molecule has 0 atom stereocenters. The van der Waals surface area contributed by atoms with Crippen molar-refractivity contribution in [3.8, 4) is 5.69 Å². The number of rotatable bonds is 6. The van der Waals surface area contributed by atoms with Crippen LogP contribution in [-0.2, 0) is 17.6 Å². The zero-order valence-corrected chi connectivity index (χ0v) is 21.5. The number of fused-ring (bicyclic) bond motifs is 3. The highest BCUT2D eigenvalue weighted by molar-refractivity contribution is 9.11. The number of carbonyl (C=O) groups excluding carboxylic acids is 1. The number of nitrogens with one attached hydrogen (secondary N) is 1. The van der Waals surface area contributed by atoms with E-state index in [2.05, 4.69) is 26.5 Å². The lowest BCUT2D eigenvalue weighted by molar-refractivity contribution is -0.118. The Labute approximate surface area is 210 Å². The van der Waals surface area contributed by atoms with Gasteiger partial charge in [0.25, 0.3) is 11.5 Å². The highest BCUT2D eigenvalue weighted by atomic mass is 79.9. The normalized spacial score (nSPS) is 13.5. The second kappa shape index (κ2) is 9.92. The van der Waals surface area contributed by atoms with E-state index in [0.29, 0.717) is 5.16 Å². The number of para-hydroxylation sites is 1. The Balaban J connectivity index is 1.43. The predicted molar refractivity (Wildman–Crippen MR) is 140 cm³/mol. The Bertz CT molecular complexity index is 1410. The molecule has 5 rings (SSSR count). The number of aromatic nitrogens is 2. The summed E-state index contributed by atoms with van der Waals surface area (Å²) in [7, 11) is 0. The summed E-state index contributed by atoms with van der Waals surface area (Å²) in [5.74, 6) is -0.159. The molecule has 33 heavy (non-hydrogen) atoms. The first-order valence-corrected chi connectivity index (χ1v) is 13.8. The van der Waals surface area contributed by atoms with E-state index in [1.807, 2.05) is 42.5 Å². The van der Waals surface area contributed by atoms with Gasteiger partial charge in [0.15, 0.2) is 5.16 Å². The van der Waals surface area contributed by atoms with Crippen molar-refractivity contribution in [2.45, 2.75) is 30.8 Å². The lowest BCUT2D eigenvalue weighted by Crippen LogP contribution is -2.24. The SMILES string of the molecule is O=C(CSc1nc2sc3c(c2c(=O)n1-c1ccccc1)CCCC3)N/N=C\c1ccc(Br)s1. The fraction of sp³-hybridized carbons (Fsp3) is 0.217. The molecule has 6 nitrogen and oxygen atoms in total. The van der Waals surface area contributed by atoms with E-state index in [9.17, 15) is 9.59 Å². The first-order valence-electron chi connectivity index (χ1n) is 10.4. The molecule has 1 aliphatic carbocycles. The standard InChI is InChI=1S/C23H19BrN4O2S3/c24-18-11-10-15(32-18)12-25-27-19(29)13-31-23-26-21-20(16-8-4-5-9-17(16)33-21)22(30)28(23)14-6-2-1-3-7-14/h1-3,6-7,10-12H,4-5,8-9,13H2,(H,27,29)/b25-12-. The molecule has 168 valence electrons. The van der Waals surface area contributed by atoms with E-state index in [-0.39, 0.29) is 17.2 Å². The summed E-state index contributed by atoms with van der Waals surface area (Å²) in [6.07, 6.45) is 5.79. The Morgan fingerprint density at radius 1 is 1.18 bits per heavy atom. The van der Waals surface area contributed by atoms with E-state index >= 15 is 0 Å². The van der Waals surface area contributed by atoms with Gasteiger partial charge in [-0.05, 0) is 71.4 Å². The predicted octanol–water partition coefficient (Wildman–Crippen LogP) is 5.39. The summed E-state index contributed by atoms with van der Waals surface area (Å²) in [6, 6.07) is 13.3. The zero-order valence-electron chi connectivity index (χ0n) is 17.4. The van der Waals surface area contributed by atoms with Crippen molar-refractivity contribution in [2.75, 3.05) is 5.75 Å². The van der Waals surface area contributed by atoms with Gasteiger partial charge in [0.2, 0.25) is 0 Å². The van der Waals surface area contributed by atoms with Crippen molar-refractivity contribution in [1.29, 1.82) is 0 Å². The molecular formula is C23H19BrN4O2S3. The molecular weight excluding hydrogens is 540 g/mol. The third-order valence-corrected chi connectivity index (χ3v) is 8.96. The van der Waals surface area contributed by atoms with Gasteiger partial charge in [0, 0.05) is 9.75 Å². The topological polar surface area (TPSA) is 76.3 Å². The zero-order chi connectivity index (χ0) is 22.8. The number of halogens is 1. The van der Waals surface area contributed by atoms with Crippen LogP contribution in [0.3, 0.4) is 0 Å². The average Bonchev–Trinajstić information content (AvgIpc) is 3.41. The van der Waals surface area contributed by atoms with Crippen molar-refractivity contribution in [1.82, 2.24) is 15.0 Å². The number of thioether (sulfide) groups is 1. The maximum absolute atomic E-state index is 13.6. The minimum Gasteiger partial charge on any atom is -0.272 e. The molecule has 3 heterocycles. The van der Waals surface area contributed by atoms with Gasteiger partial charge in [-0.2, -0.15) is 5.10 Å². The van der Waals surface area contributed by atoms with Crippen LogP contribution in [0, 0.1) is 0 Å². The molecule has 0 bridgehead atoms. The van der Waals surface area contributed by atoms with Crippen LogP contribution in [0.2, 0.25) is 0 Å². The van der Waals surface area contributed by atoms with E-state index in [1.54, 1.807) is 22.1 Å². The summed E-state index contributed by atoms with van der Waals surface area (Å²) in [5.41, 5.74) is 4.40. The minimum absolute atomic E-state index is 0.0604. The van der Waals surface area contributed by atoms with E-state index in [1.165, 1.54) is 28.0 Å². The number of benzene rings is 1. The van der Waals surface area contributed by atoms with Gasteiger partial charge in [-0.25, -0.2) is 10.4 Å². The molecule has 0 radical (unpaired) electrons. The van der Waals surface area contributed by atoms with Gasteiger partial charge < -0.3 is 0 Å². The molecule has 0 saturated carbocycles. The second-order valence-corrected chi connectivity index (χ2v) is 12.0. The van der Waals surface area contributed by atoms with E-state index in [0.717, 1.165) is 55.8 Å². The van der Waals surface area contributed by atoms with Crippen LogP contribution in [0.25, 0.3) is 15.9 Å². The fourth-order valence-corrected chi connectivity index (χ4v) is 7.22. The second-order valence-electron chi connectivity index (χ2n) is 7.49. The Morgan fingerprint density at radius 2 is 2.00 bits per heavy atom. The van der Waals surface area contributed by atoms with E-state index < -0.39 is 0 Å². The molecule has 0 spiro atoms. The number of thiophene rings is 2. The van der Waals surface area contributed by atoms with Crippen molar-refractivity contribution in [3.05, 3.63) is 71.9 Å². The average molecular weight is 560 g/mol. The van der Waals surface area contributed by atoms with Gasteiger partial charge in [0.1, 0.15) is 4.83 Å². The van der Waals surface area contributed by atoms with Gasteiger partial charge in [-0.15, -0.1) is 22.7 Å². The maximum Gasteiger partial charge on any atom is 0.267 e. The minimum atomic E-state index is -0.258. The molecule has 10 heteroatoms. The van der Waals surface area contributed by atoms with Crippen molar-refractivity contribution >= 4 is 72.7 Å². The molecule has 3 aromatic heterocycles. The fourth-order valence-electron chi connectivity index (χ4n) is 3.82. The summed E-state index contributed by atoms with van der Waals surface area (Å²) < 4.78 is 2.63. The monoisotopic (exact) mass is 558 g/mol. The number of hydrogen-bond donors (Lipinski definition) is 1. The molecule has 0 saturated heterocycles. The summed E-state index contributed by atoms with van der Waals surface area (Å²) in [6.45, 7) is 0. The highest BCUT2D eigenvalue weighted by Gasteiger charge is 2.23. The number of hydrogen-bond acceptors (Lipinski definition) is 7. The highest BCUT2D eigenvalue weighted by Crippen LogP contribution is 2.35. The number of nitrogens with zero attached hydrogens (tertiary/aromatic N) is 3. The largest absolute Gasteiger partial charge is 0.272 e. The first-order chi connectivity index (χ1) is 16.1. The van der Waals surface area contributed by atoms with Crippen molar-refractivity contribution in [2.24, 2.45) is 5.10 Å². The van der Waals surface area contributed by atoms with Crippen molar-refractivity contribution < 1.29 is 4.79 Å². The molecule has 1 amide bonds. The number of aryl methyl sites for hydroxylation is 2. The van der Waals surface area contributed by atoms with Crippen LogP contribution in [-0.4, -0.2) is 27.4 Å². The molecule has 0 fully saturated rings. The molecule has 1 aromatic carbocycles. The van der Waals surface area contributed by atoms with Crippen LogP contribution < -0.4 is 11.0 Å². The third-order valence-electron chi connectivity index (χ3n) is 5.28. The molecule has 1 N–H and O–H groups in total. The van der Waals surface area contributed by atoms with Gasteiger partial charge in [-0.3, -0.25) is 14.2 Å². The smallest absolute Gasteiger partial charge is 0.267 e. The first kappa shape index (κ1) is 22.5. The molecule has 4 aromatic rings. The Morgan fingerprint density at radius 3 is 2.79 bits per heavy atom. The summed E-state index contributed by atoms with van der Waals surface area (Å²) in [5, 5.41) is 5.27. The van der Waals surface area contributed by atoms with E-state index in [4.69, 9.17) is 4.98 Å². The lowest BCUT2D eigenvalue weighted by Gasteiger charge is -2.13. The molecule has 0 unspecified atom stereocenters. The maximum atomic E-state index is 13.6. The summed E-state index contributed by atoms with van der Waals surface area (Å²) in [4.78, 5) is 33.9. The Hall–Kier alpha value is -2.27. The number of carbonyl (C=O) groups is 1. The molecule has 0 aliphatic heterocycles. The number of amides is 1. The third kappa shape index (κ3) is 4.84. The quantitative estimate of drug-likeness (QED) is 0.149. The van der Waals surface area contributed by atoms with Gasteiger partial charge in [0.05, 0.1) is 26.8 Å². The van der Waals surface area contributed by atoms with Crippen LogP contribution in [0.15, 0.2) is 61.3 Å². The van der Waals surface area contributed by atoms with Crippen LogP contribution >= 0.6 is 50.4 Å².